The predicted octanol–water partition coefficient (Wildman–Crippen LogP) is 15.3. The van der Waals surface area contributed by atoms with Gasteiger partial charge in [0, 0.05) is 53.2 Å². The summed E-state index contributed by atoms with van der Waals surface area (Å²) >= 11 is 1.76. The molecular formula is C57H36N4S. The molecule has 0 unspecified atom stereocenters. The molecule has 0 atom stereocenters. The number of thiophene rings is 1. The van der Waals surface area contributed by atoms with Gasteiger partial charge in [0.1, 0.15) is 0 Å². The highest BCUT2D eigenvalue weighted by atomic mass is 32.1. The minimum atomic E-state index is -0.507. The van der Waals surface area contributed by atoms with E-state index in [9.17, 15) is 2.74 Å². The van der Waals surface area contributed by atoms with E-state index in [-0.39, 0.29) is 33.9 Å². The number of aromatic nitrogens is 4. The largest absolute Gasteiger partial charge is 0.309 e. The summed E-state index contributed by atoms with van der Waals surface area (Å²) in [6, 6.07) is 52.7. The van der Waals surface area contributed by atoms with Crippen LogP contribution in [-0.4, -0.2) is 19.5 Å². The van der Waals surface area contributed by atoms with Crippen molar-refractivity contribution >= 4 is 53.3 Å². The number of nitrogens with zero attached hydrogens (tertiary/aromatic N) is 4. The van der Waals surface area contributed by atoms with Crippen molar-refractivity contribution in [3.05, 3.63) is 218 Å². The Morgan fingerprint density at radius 1 is 0.371 bits per heavy atom. The van der Waals surface area contributed by atoms with Gasteiger partial charge in [0.15, 0.2) is 17.5 Å². The Morgan fingerprint density at radius 3 is 1.61 bits per heavy atom. The SMILES string of the molecule is [2H]c1c([2H])c([2H])c2c(c1[2H])c1c([2H])c([2H])c([2H])c([2H])c1n2-c1cc(-c2nc(-c3ccc(-c4ccccc4)cc3)nc(-c3cccc(-c4cccc5c4sc4ccccc45)c3)n2)ccc1-c1ccccc1. The van der Waals surface area contributed by atoms with Crippen LogP contribution in [0.1, 0.15) is 11.0 Å². The van der Waals surface area contributed by atoms with Gasteiger partial charge in [-0.2, -0.15) is 0 Å². The fourth-order valence-electron chi connectivity index (χ4n) is 8.39. The van der Waals surface area contributed by atoms with Crippen molar-refractivity contribution in [2.45, 2.75) is 0 Å². The molecule has 9 aromatic carbocycles. The molecule has 0 N–H and O–H groups in total. The van der Waals surface area contributed by atoms with Crippen LogP contribution in [0.25, 0.3) is 115 Å². The van der Waals surface area contributed by atoms with Gasteiger partial charge in [0.25, 0.3) is 0 Å². The number of hydrogen-bond acceptors (Lipinski definition) is 4. The topological polar surface area (TPSA) is 43.6 Å². The highest BCUT2D eigenvalue weighted by Gasteiger charge is 2.20. The highest BCUT2D eigenvalue weighted by Crippen LogP contribution is 2.42. The average Bonchev–Trinajstić information content (AvgIpc) is 3.98. The number of para-hydroxylation sites is 2. The zero-order valence-corrected chi connectivity index (χ0v) is 33.7. The van der Waals surface area contributed by atoms with Crippen LogP contribution in [0.15, 0.2) is 218 Å². The quantitative estimate of drug-likeness (QED) is 0.161. The normalized spacial score (nSPS) is 13.4. The van der Waals surface area contributed by atoms with Gasteiger partial charge in [-0.1, -0.05) is 188 Å². The van der Waals surface area contributed by atoms with Crippen molar-refractivity contribution in [1.29, 1.82) is 0 Å². The van der Waals surface area contributed by atoms with Gasteiger partial charge < -0.3 is 4.57 Å². The lowest BCUT2D eigenvalue weighted by molar-refractivity contribution is 1.07. The number of benzene rings is 9. The predicted molar refractivity (Wildman–Crippen MR) is 260 cm³/mol. The van der Waals surface area contributed by atoms with Gasteiger partial charge in [-0.3, -0.25) is 0 Å². The average molecular weight is 817 g/mol. The van der Waals surface area contributed by atoms with E-state index in [0.717, 1.165) is 38.9 Å². The van der Waals surface area contributed by atoms with Crippen LogP contribution in [-0.2, 0) is 0 Å². The molecule has 3 heterocycles. The zero-order valence-electron chi connectivity index (χ0n) is 40.9. The summed E-state index contributed by atoms with van der Waals surface area (Å²) in [6.07, 6.45) is 0. The summed E-state index contributed by atoms with van der Waals surface area (Å²) in [5.41, 5.74) is 8.08. The highest BCUT2D eigenvalue weighted by molar-refractivity contribution is 7.26. The molecule has 0 fully saturated rings. The monoisotopic (exact) mass is 816 g/mol. The Hall–Kier alpha value is -7.99. The van der Waals surface area contributed by atoms with Crippen LogP contribution >= 0.6 is 11.3 Å². The first kappa shape index (κ1) is 28.5. The van der Waals surface area contributed by atoms with E-state index in [2.05, 4.69) is 66.7 Å². The summed E-state index contributed by atoms with van der Waals surface area (Å²) in [4.78, 5) is 15.5. The fraction of sp³-hybridized carbons (Fsp3) is 0. The van der Waals surface area contributed by atoms with E-state index in [1.807, 2.05) is 103 Å². The van der Waals surface area contributed by atoms with Crippen LogP contribution in [0.3, 0.4) is 0 Å². The Labute approximate surface area is 374 Å². The molecule has 0 spiro atoms. The summed E-state index contributed by atoms with van der Waals surface area (Å²) in [5, 5.41) is 2.39. The van der Waals surface area contributed by atoms with E-state index < -0.39 is 36.3 Å². The number of fused-ring (bicyclic) bond motifs is 6. The lowest BCUT2D eigenvalue weighted by Crippen LogP contribution is -2.02. The van der Waals surface area contributed by atoms with Crippen LogP contribution in [0.2, 0.25) is 0 Å². The molecule has 0 saturated carbocycles. The smallest absolute Gasteiger partial charge is 0.164 e. The Morgan fingerprint density at radius 2 is 0.887 bits per heavy atom. The van der Waals surface area contributed by atoms with E-state index in [1.54, 1.807) is 15.9 Å². The minimum Gasteiger partial charge on any atom is -0.309 e. The molecule has 12 aromatic rings. The molecule has 0 bridgehead atoms. The molecule has 0 radical (unpaired) electrons. The van der Waals surface area contributed by atoms with Crippen LogP contribution in [0.4, 0.5) is 0 Å². The summed E-state index contributed by atoms with van der Waals surface area (Å²) < 4.78 is 75.6. The molecule has 290 valence electrons. The Kier molecular flexibility index (Phi) is 6.86. The summed E-state index contributed by atoms with van der Waals surface area (Å²) in [5.74, 6) is 1.16. The maximum atomic E-state index is 9.30. The molecule has 0 amide bonds. The van der Waals surface area contributed by atoms with Crippen LogP contribution < -0.4 is 0 Å². The van der Waals surface area contributed by atoms with Crippen LogP contribution in [0.5, 0.6) is 0 Å². The molecule has 12 rings (SSSR count). The van der Waals surface area contributed by atoms with Crippen molar-refractivity contribution in [2.24, 2.45) is 0 Å². The lowest BCUT2D eigenvalue weighted by atomic mass is 10.00. The molecule has 0 aliphatic carbocycles. The maximum Gasteiger partial charge on any atom is 0.164 e. The molecule has 4 nitrogen and oxygen atoms in total. The first-order valence-corrected chi connectivity index (χ1v) is 21.0. The van der Waals surface area contributed by atoms with Gasteiger partial charge in [0.05, 0.1) is 27.7 Å². The van der Waals surface area contributed by atoms with E-state index in [1.165, 1.54) is 20.2 Å². The van der Waals surface area contributed by atoms with Crippen molar-refractivity contribution in [1.82, 2.24) is 19.5 Å². The fourth-order valence-corrected chi connectivity index (χ4v) is 9.62. The Bertz CT molecular complexity index is 4020. The van der Waals surface area contributed by atoms with Gasteiger partial charge in [0.2, 0.25) is 0 Å². The third-order valence-corrected chi connectivity index (χ3v) is 12.6. The first-order valence-electron chi connectivity index (χ1n) is 24.2. The second kappa shape index (κ2) is 14.9. The van der Waals surface area contributed by atoms with Gasteiger partial charge >= 0.3 is 0 Å². The second-order valence-corrected chi connectivity index (χ2v) is 16.0. The zero-order chi connectivity index (χ0) is 47.9. The van der Waals surface area contributed by atoms with Crippen LogP contribution in [0, 0.1) is 0 Å². The molecule has 0 saturated heterocycles. The molecular weight excluding hydrogens is 773 g/mol. The number of hydrogen-bond donors (Lipinski definition) is 0. The van der Waals surface area contributed by atoms with Gasteiger partial charge in [-0.15, -0.1) is 11.3 Å². The van der Waals surface area contributed by atoms with Crippen molar-refractivity contribution in [2.75, 3.05) is 0 Å². The minimum absolute atomic E-state index is 0.00711. The van der Waals surface area contributed by atoms with Crippen molar-refractivity contribution in [3.63, 3.8) is 0 Å². The molecule has 5 heteroatoms. The molecule has 0 aliphatic heterocycles. The van der Waals surface area contributed by atoms with E-state index >= 15 is 0 Å². The van der Waals surface area contributed by atoms with E-state index in [0.29, 0.717) is 34.3 Å². The van der Waals surface area contributed by atoms with Crippen molar-refractivity contribution in [3.8, 4) is 73.2 Å². The molecule has 62 heavy (non-hydrogen) atoms. The first-order chi connectivity index (χ1) is 34.0. The maximum absolute atomic E-state index is 9.30. The Balaban J connectivity index is 1.11. The van der Waals surface area contributed by atoms with Crippen molar-refractivity contribution < 1.29 is 11.0 Å². The van der Waals surface area contributed by atoms with Gasteiger partial charge in [-0.05, 0) is 58.1 Å². The van der Waals surface area contributed by atoms with E-state index in [4.69, 9.17) is 23.2 Å². The molecule has 0 aliphatic rings. The standard InChI is InChI=1S/C57H36N4S/c1-3-15-37(16-4-1)38-29-31-40(32-30-38)55-58-56(42-20-13-19-41(35-42)45-24-14-25-49-48-23-9-12-28-53(48)62-54(45)49)60-57(59-55)43-33-34-44(39-17-5-2-6-18-39)52(36-43)61-50-26-10-7-21-46(50)47-22-8-11-27-51(47)61/h1-36H/i7D,8D,10D,11D,21D,22D,26D,27D. The third-order valence-electron chi connectivity index (χ3n) is 11.3. The summed E-state index contributed by atoms with van der Waals surface area (Å²) in [6.45, 7) is 0. The summed E-state index contributed by atoms with van der Waals surface area (Å²) in [7, 11) is 0. The third kappa shape index (κ3) is 6.18. The lowest BCUT2D eigenvalue weighted by Gasteiger charge is -2.16. The molecule has 3 aromatic heterocycles. The van der Waals surface area contributed by atoms with Gasteiger partial charge in [-0.25, -0.2) is 15.0 Å². The second-order valence-electron chi connectivity index (χ2n) is 15.0. The number of rotatable bonds is 7.